The summed E-state index contributed by atoms with van der Waals surface area (Å²) < 4.78 is 2.81. The van der Waals surface area contributed by atoms with E-state index in [0.717, 1.165) is 16.0 Å². The molecule has 0 N–H and O–H groups in total. The normalized spacial score (nSPS) is 10.5. The molecule has 0 spiro atoms. The molecular weight excluding hydrogens is 416 g/mol. The van der Waals surface area contributed by atoms with Crippen LogP contribution in [0.3, 0.4) is 0 Å². The molecule has 0 unspecified atom stereocenters. The first-order chi connectivity index (χ1) is 9.38. The number of thiophene rings is 1. The van der Waals surface area contributed by atoms with Crippen LogP contribution in [0.1, 0.15) is 10.4 Å². The molecule has 20 heavy (non-hydrogen) atoms. The second-order valence-corrected chi connectivity index (χ2v) is 7.53. The Morgan fingerprint density at radius 2 is 2.15 bits per heavy atom. The molecule has 104 valence electrons. The van der Waals surface area contributed by atoms with Gasteiger partial charge in [0.2, 0.25) is 0 Å². The van der Waals surface area contributed by atoms with Gasteiger partial charge in [0.05, 0.1) is 25.2 Å². The zero-order valence-corrected chi connectivity index (χ0v) is 13.7. The maximum Gasteiger partial charge on any atom is 0.332 e. The van der Waals surface area contributed by atoms with Crippen molar-refractivity contribution in [2.45, 2.75) is 6.54 Å². The predicted molar refractivity (Wildman–Crippen MR) is 81.4 cm³/mol. The van der Waals surface area contributed by atoms with Crippen LogP contribution in [0.25, 0.3) is 0 Å². The number of ketones is 1. The number of carbonyl (C=O) groups is 1. The Morgan fingerprint density at radius 1 is 1.45 bits per heavy atom. The molecule has 0 aliphatic heterocycles. The fourth-order valence-corrected chi connectivity index (χ4v) is 4.38. The lowest BCUT2D eigenvalue weighted by Crippen LogP contribution is -2.15. The molecule has 0 amide bonds. The van der Waals surface area contributed by atoms with Crippen LogP contribution in [0.15, 0.2) is 36.9 Å². The van der Waals surface area contributed by atoms with Crippen LogP contribution in [-0.4, -0.2) is 15.3 Å². The number of hydrogen-bond donors (Lipinski definition) is 0. The van der Waals surface area contributed by atoms with E-state index in [-0.39, 0.29) is 12.3 Å². The molecule has 0 aliphatic rings. The van der Waals surface area contributed by atoms with Crippen LogP contribution in [0, 0.1) is 10.1 Å². The molecule has 0 aromatic carbocycles. The molecule has 0 radical (unpaired) electrons. The molecule has 0 saturated heterocycles. The summed E-state index contributed by atoms with van der Waals surface area (Å²) in [7, 11) is 0. The molecule has 0 saturated carbocycles. The monoisotopic (exact) mass is 420 g/mol. The van der Waals surface area contributed by atoms with Gasteiger partial charge in [-0.05, 0) is 37.9 Å². The number of nitrogens with zero attached hydrogens (tertiary/aromatic N) is 2. The third-order valence-electron chi connectivity index (χ3n) is 2.44. The largest absolute Gasteiger partial charge is 0.340 e. The SMILES string of the molecule is O=C(Cn1ccc(=O)c([N+](=O)[O-])c1)c1cc(Br)sc1Br. The molecule has 2 heterocycles. The van der Waals surface area contributed by atoms with Gasteiger partial charge >= 0.3 is 5.69 Å². The summed E-state index contributed by atoms with van der Waals surface area (Å²) in [6.07, 6.45) is 2.41. The average molecular weight is 422 g/mol. The minimum absolute atomic E-state index is 0.0805. The first-order valence-electron chi connectivity index (χ1n) is 5.21. The Kier molecular flexibility index (Phi) is 4.51. The topological polar surface area (TPSA) is 82.2 Å². The molecule has 2 rings (SSSR count). The van der Waals surface area contributed by atoms with Crippen LogP contribution in [0.2, 0.25) is 0 Å². The van der Waals surface area contributed by atoms with Crippen molar-refractivity contribution in [1.82, 2.24) is 4.57 Å². The van der Waals surface area contributed by atoms with Gasteiger partial charge < -0.3 is 4.57 Å². The highest BCUT2D eigenvalue weighted by Gasteiger charge is 2.16. The number of Topliss-reactive ketones (excluding diaryl/α,β-unsaturated/α-hetero) is 1. The summed E-state index contributed by atoms with van der Waals surface area (Å²) in [5.41, 5.74) is -0.743. The van der Waals surface area contributed by atoms with Crippen molar-refractivity contribution in [3.63, 3.8) is 0 Å². The van der Waals surface area contributed by atoms with E-state index in [9.17, 15) is 19.7 Å². The minimum atomic E-state index is -0.763. The zero-order chi connectivity index (χ0) is 14.9. The van der Waals surface area contributed by atoms with Crippen LogP contribution in [-0.2, 0) is 6.54 Å². The summed E-state index contributed by atoms with van der Waals surface area (Å²) >= 11 is 7.92. The van der Waals surface area contributed by atoms with Crippen molar-refractivity contribution in [1.29, 1.82) is 0 Å². The summed E-state index contributed by atoms with van der Waals surface area (Å²) in [5, 5.41) is 10.7. The van der Waals surface area contributed by atoms with Crippen molar-refractivity contribution in [3.8, 4) is 0 Å². The van der Waals surface area contributed by atoms with E-state index in [1.165, 1.54) is 22.1 Å². The van der Waals surface area contributed by atoms with Gasteiger partial charge in [0, 0.05) is 17.8 Å². The molecule has 9 heteroatoms. The van der Waals surface area contributed by atoms with Gasteiger partial charge in [-0.15, -0.1) is 11.3 Å². The quantitative estimate of drug-likeness (QED) is 0.431. The number of hydrogen-bond acceptors (Lipinski definition) is 5. The Bertz CT molecular complexity index is 753. The third kappa shape index (κ3) is 3.22. The molecular formula is C11H6Br2N2O4S. The fourth-order valence-electron chi connectivity index (χ4n) is 1.53. The van der Waals surface area contributed by atoms with E-state index in [2.05, 4.69) is 31.9 Å². The second-order valence-electron chi connectivity index (χ2n) is 3.78. The van der Waals surface area contributed by atoms with E-state index in [0.29, 0.717) is 9.35 Å². The lowest BCUT2D eigenvalue weighted by atomic mass is 10.2. The Morgan fingerprint density at radius 3 is 2.70 bits per heavy atom. The maximum absolute atomic E-state index is 12.1. The van der Waals surface area contributed by atoms with E-state index >= 15 is 0 Å². The van der Waals surface area contributed by atoms with Gasteiger partial charge in [-0.25, -0.2) is 0 Å². The summed E-state index contributed by atoms with van der Waals surface area (Å²) in [5.74, 6) is -0.211. The molecule has 0 atom stereocenters. The van der Waals surface area contributed by atoms with Crippen LogP contribution in [0.4, 0.5) is 5.69 Å². The molecule has 0 bridgehead atoms. The standard InChI is InChI=1S/C11H6Br2N2O4S/c12-10-3-6(11(13)20-10)9(17)5-14-2-1-8(16)7(4-14)15(18)19/h1-4H,5H2. The zero-order valence-electron chi connectivity index (χ0n) is 9.71. The highest BCUT2D eigenvalue weighted by atomic mass is 79.9. The second kappa shape index (κ2) is 5.98. The highest BCUT2D eigenvalue weighted by Crippen LogP contribution is 2.32. The van der Waals surface area contributed by atoms with Gasteiger partial charge in [0.15, 0.2) is 5.78 Å². The molecule has 6 nitrogen and oxygen atoms in total. The van der Waals surface area contributed by atoms with Gasteiger partial charge in [0.25, 0.3) is 5.43 Å². The van der Waals surface area contributed by atoms with Gasteiger partial charge in [-0.3, -0.25) is 19.7 Å². The number of pyridine rings is 1. The van der Waals surface area contributed by atoms with Crippen LogP contribution < -0.4 is 5.43 Å². The van der Waals surface area contributed by atoms with Crippen molar-refractivity contribution in [2.75, 3.05) is 0 Å². The number of rotatable bonds is 4. The molecule has 0 fully saturated rings. The van der Waals surface area contributed by atoms with Gasteiger partial charge in [0.1, 0.15) is 0 Å². The van der Waals surface area contributed by atoms with E-state index < -0.39 is 16.0 Å². The predicted octanol–water partition coefficient (Wildman–Crippen LogP) is 3.23. The Labute approximate surface area is 133 Å². The maximum atomic E-state index is 12.1. The van der Waals surface area contributed by atoms with Crippen molar-refractivity contribution >= 4 is 54.7 Å². The lowest BCUT2D eigenvalue weighted by Gasteiger charge is -2.04. The summed E-state index contributed by atoms with van der Waals surface area (Å²) in [6.45, 7) is -0.0805. The molecule has 2 aromatic heterocycles. The van der Waals surface area contributed by atoms with E-state index in [4.69, 9.17) is 0 Å². The van der Waals surface area contributed by atoms with Crippen LogP contribution >= 0.6 is 43.2 Å². The van der Waals surface area contributed by atoms with Crippen LogP contribution in [0.5, 0.6) is 0 Å². The average Bonchev–Trinajstić information content (AvgIpc) is 2.70. The highest BCUT2D eigenvalue weighted by molar-refractivity contribution is 9.12. The van der Waals surface area contributed by atoms with Crippen molar-refractivity contribution in [2.24, 2.45) is 0 Å². The van der Waals surface area contributed by atoms with E-state index in [1.54, 1.807) is 6.07 Å². The number of nitro groups is 1. The first-order valence-corrected chi connectivity index (χ1v) is 7.61. The third-order valence-corrected chi connectivity index (χ3v) is 4.78. The minimum Gasteiger partial charge on any atom is -0.340 e. The molecule has 2 aromatic rings. The smallest absolute Gasteiger partial charge is 0.332 e. The summed E-state index contributed by atoms with van der Waals surface area (Å²) in [4.78, 5) is 33.3. The lowest BCUT2D eigenvalue weighted by molar-refractivity contribution is -0.386. The Hall–Kier alpha value is -1.32. The number of halogens is 2. The Balaban J connectivity index is 2.29. The van der Waals surface area contributed by atoms with Crippen molar-refractivity contribution in [3.05, 3.63) is 58.0 Å². The molecule has 0 aliphatic carbocycles. The fraction of sp³-hybridized carbons (Fsp3) is 0.0909. The van der Waals surface area contributed by atoms with Crippen molar-refractivity contribution < 1.29 is 9.72 Å². The van der Waals surface area contributed by atoms with E-state index in [1.807, 2.05) is 0 Å². The number of carbonyl (C=O) groups excluding carboxylic acids is 1. The first kappa shape index (κ1) is 15.1. The number of aromatic nitrogens is 1. The van der Waals surface area contributed by atoms with Gasteiger partial charge in [-0.2, -0.15) is 0 Å². The van der Waals surface area contributed by atoms with Gasteiger partial charge in [-0.1, -0.05) is 0 Å². The summed E-state index contributed by atoms with van der Waals surface area (Å²) in [6, 6.07) is 2.75.